The first-order valence-electron chi connectivity index (χ1n) is 4.18. The highest BCUT2D eigenvalue weighted by Crippen LogP contribution is 2.25. The Hall–Kier alpha value is -0.620. The second-order valence-electron chi connectivity index (χ2n) is 2.73. The maximum absolute atomic E-state index is 11.5. The van der Waals surface area contributed by atoms with Gasteiger partial charge in [-0.1, -0.05) is 30.9 Å². The van der Waals surface area contributed by atoms with Gasteiger partial charge in [-0.15, -0.1) is 0 Å². The van der Waals surface area contributed by atoms with Gasteiger partial charge in [0.25, 0.3) is 0 Å². The fraction of sp³-hybridized carbons (Fsp3) is 0.625. The maximum atomic E-state index is 11.5. The second-order valence-corrected chi connectivity index (χ2v) is 4.39. The molecule has 0 aromatic heterocycles. The number of thioether (sulfide) groups is 1. The lowest BCUT2D eigenvalue weighted by Crippen LogP contribution is -2.43. The zero-order valence-corrected chi connectivity index (χ0v) is 9.61. The first-order chi connectivity index (χ1) is 6.61. The number of hydrogen-bond acceptors (Lipinski definition) is 5. The van der Waals surface area contributed by atoms with Gasteiger partial charge in [-0.3, -0.25) is 9.69 Å². The molecule has 1 saturated heterocycles. The fourth-order valence-corrected chi connectivity index (χ4v) is 2.56. The number of carbonyl (C=O) groups excluding carboxylic acids is 2. The smallest absolute Gasteiger partial charge is 0.329 e. The minimum Gasteiger partial charge on any atom is -0.467 e. The summed E-state index contributed by atoms with van der Waals surface area (Å²) in [5.41, 5.74) is 0. The van der Waals surface area contributed by atoms with E-state index in [-0.39, 0.29) is 5.91 Å². The van der Waals surface area contributed by atoms with Crippen molar-refractivity contribution < 1.29 is 14.3 Å². The molecule has 0 aromatic carbocycles. The lowest BCUT2D eigenvalue weighted by molar-refractivity contribution is -0.148. The molecular weight excluding hydrogens is 222 g/mol. The highest BCUT2D eigenvalue weighted by Gasteiger charge is 2.38. The van der Waals surface area contributed by atoms with Gasteiger partial charge < -0.3 is 4.74 Å². The first-order valence-corrected chi connectivity index (χ1v) is 5.57. The Labute approximate surface area is 92.0 Å². The molecule has 0 N–H and O–H groups in total. The van der Waals surface area contributed by atoms with Crippen LogP contribution in [0.5, 0.6) is 0 Å². The lowest BCUT2D eigenvalue weighted by Gasteiger charge is -2.20. The molecule has 0 radical (unpaired) electrons. The van der Waals surface area contributed by atoms with Crippen molar-refractivity contribution in [3.63, 3.8) is 0 Å². The van der Waals surface area contributed by atoms with E-state index in [1.807, 2.05) is 0 Å². The molecular formula is C8H11NO3S2. The number of thiocarbonyl (C=S) groups is 1. The van der Waals surface area contributed by atoms with E-state index in [9.17, 15) is 9.59 Å². The molecule has 6 heteroatoms. The van der Waals surface area contributed by atoms with Gasteiger partial charge >= 0.3 is 5.97 Å². The normalized spacial score (nSPS) is 21.1. The number of esters is 1. The van der Waals surface area contributed by atoms with Crippen molar-refractivity contribution in [2.45, 2.75) is 19.4 Å². The summed E-state index contributed by atoms with van der Waals surface area (Å²) in [6.45, 7) is 1.74. The van der Waals surface area contributed by atoms with Crippen molar-refractivity contribution in [3.05, 3.63) is 0 Å². The molecule has 1 aliphatic heterocycles. The number of methoxy groups -OCH3 is 1. The molecule has 1 atom stereocenters. The molecule has 78 valence electrons. The number of rotatable bonds is 2. The van der Waals surface area contributed by atoms with Crippen molar-refractivity contribution in [1.29, 1.82) is 0 Å². The van der Waals surface area contributed by atoms with Gasteiger partial charge in [-0.25, -0.2) is 4.79 Å². The molecule has 0 bridgehead atoms. The monoisotopic (exact) mass is 233 g/mol. The van der Waals surface area contributed by atoms with Gasteiger partial charge in [0, 0.05) is 12.2 Å². The number of nitrogens with zero attached hydrogens (tertiary/aromatic N) is 1. The Balaban J connectivity index is 2.81. The van der Waals surface area contributed by atoms with E-state index >= 15 is 0 Å². The SMILES string of the molecule is CCC(=O)N1C(=S)SC[C@H]1C(=O)OC. The lowest BCUT2D eigenvalue weighted by atomic mass is 10.3. The summed E-state index contributed by atoms with van der Waals surface area (Å²) in [7, 11) is 1.31. The molecule has 4 nitrogen and oxygen atoms in total. The van der Waals surface area contributed by atoms with Crippen LogP contribution in [0.25, 0.3) is 0 Å². The zero-order chi connectivity index (χ0) is 10.7. The van der Waals surface area contributed by atoms with Crippen LogP contribution in [0.15, 0.2) is 0 Å². The van der Waals surface area contributed by atoms with E-state index in [1.165, 1.54) is 23.8 Å². The predicted molar refractivity (Wildman–Crippen MR) is 58.0 cm³/mol. The van der Waals surface area contributed by atoms with Crippen LogP contribution in [0.2, 0.25) is 0 Å². The number of amides is 1. The second kappa shape index (κ2) is 4.75. The summed E-state index contributed by atoms with van der Waals surface area (Å²) in [5.74, 6) is -0.0356. The Morgan fingerprint density at radius 2 is 2.36 bits per heavy atom. The van der Waals surface area contributed by atoms with Crippen molar-refractivity contribution in [1.82, 2.24) is 4.90 Å². The summed E-state index contributed by atoms with van der Waals surface area (Å²) >= 11 is 6.32. The maximum Gasteiger partial charge on any atom is 0.329 e. The van der Waals surface area contributed by atoms with Gasteiger partial charge in [0.2, 0.25) is 5.91 Å². The predicted octanol–water partition coefficient (Wildman–Crippen LogP) is 0.798. The van der Waals surface area contributed by atoms with Gasteiger partial charge in [0.05, 0.1) is 7.11 Å². The largest absolute Gasteiger partial charge is 0.467 e. The topological polar surface area (TPSA) is 46.6 Å². The molecule has 0 saturated carbocycles. The van der Waals surface area contributed by atoms with Gasteiger partial charge in [-0.2, -0.15) is 0 Å². The molecule has 1 amide bonds. The summed E-state index contributed by atoms with van der Waals surface area (Å²) in [6, 6.07) is -0.537. The number of ether oxygens (including phenoxy) is 1. The molecule has 0 aliphatic carbocycles. The van der Waals surface area contributed by atoms with Crippen LogP contribution in [0, 0.1) is 0 Å². The van der Waals surface area contributed by atoms with Gasteiger partial charge in [0.1, 0.15) is 10.4 Å². The minimum atomic E-state index is -0.537. The number of hydrogen-bond donors (Lipinski definition) is 0. The molecule has 1 fully saturated rings. The fourth-order valence-electron chi connectivity index (χ4n) is 1.18. The Kier molecular flexibility index (Phi) is 3.88. The van der Waals surface area contributed by atoms with Crippen molar-refractivity contribution >= 4 is 40.2 Å². The molecule has 14 heavy (non-hydrogen) atoms. The molecule has 0 unspecified atom stereocenters. The summed E-state index contributed by atoms with van der Waals surface area (Å²) < 4.78 is 5.07. The third kappa shape index (κ3) is 2.06. The molecule has 1 aliphatic rings. The minimum absolute atomic E-state index is 0.129. The summed E-state index contributed by atoms with van der Waals surface area (Å²) in [4.78, 5) is 24.1. The Morgan fingerprint density at radius 3 is 2.86 bits per heavy atom. The van der Waals surface area contributed by atoms with Crippen LogP contribution >= 0.6 is 24.0 Å². The highest BCUT2D eigenvalue weighted by atomic mass is 32.2. The van der Waals surface area contributed by atoms with Crippen LogP contribution in [-0.4, -0.2) is 40.0 Å². The van der Waals surface area contributed by atoms with Crippen molar-refractivity contribution in [3.8, 4) is 0 Å². The first kappa shape index (κ1) is 11.5. The Bertz CT molecular complexity index is 280. The van der Waals surface area contributed by atoms with E-state index < -0.39 is 12.0 Å². The molecule has 0 spiro atoms. The van der Waals surface area contributed by atoms with Crippen LogP contribution in [0.1, 0.15) is 13.3 Å². The molecule has 1 heterocycles. The zero-order valence-electron chi connectivity index (χ0n) is 7.98. The van der Waals surface area contributed by atoms with E-state index in [0.29, 0.717) is 16.5 Å². The highest BCUT2D eigenvalue weighted by molar-refractivity contribution is 8.23. The van der Waals surface area contributed by atoms with E-state index in [2.05, 4.69) is 4.74 Å². The standard InChI is InChI=1S/C8H11NO3S2/c1-3-6(10)9-5(7(11)12-2)4-14-8(9)13/h5H,3-4H2,1-2H3/t5-/m0/s1. The van der Waals surface area contributed by atoms with E-state index in [0.717, 1.165) is 0 Å². The summed E-state index contributed by atoms with van der Waals surface area (Å²) in [5, 5.41) is 0. The van der Waals surface area contributed by atoms with Gasteiger partial charge in [-0.05, 0) is 0 Å². The van der Waals surface area contributed by atoms with Crippen molar-refractivity contribution in [2.24, 2.45) is 0 Å². The third-order valence-corrected chi connectivity index (χ3v) is 3.39. The molecule has 1 rings (SSSR count). The van der Waals surface area contributed by atoms with E-state index in [4.69, 9.17) is 12.2 Å². The average molecular weight is 233 g/mol. The van der Waals surface area contributed by atoms with Gasteiger partial charge in [0.15, 0.2) is 0 Å². The summed E-state index contributed by atoms with van der Waals surface area (Å²) in [6.07, 6.45) is 0.341. The Morgan fingerprint density at radius 1 is 1.71 bits per heavy atom. The third-order valence-electron chi connectivity index (χ3n) is 1.92. The van der Waals surface area contributed by atoms with Crippen LogP contribution in [0.4, 0.5) is 0 Å². The quantitative estimate of drug-likeness (QED) is 0.521. The van der Waals surface area contributed by atoms with E-state index in [1.54, 1.807) is 6.92 Å². The van der Waals surface area contributed by atoms with Crippen LogP contribution in [-0.2, 0) is 14.3 Å². The van der Waals surface area contributed by atoms with Crippen LogP contribution < -0.4 is 0 Å². The average Bonchev–Trinajstić information content (AvgIpc) is 2.58. The van der Waals surface area contributed by atoms with Crippen molar-refractivity contribution in [2.75, 3.05) is 12.9 Å². The molecule has 0 aromatic rings. The number of carbonyl (C=O) groups is 2. The van der Waals surface area contributed by atoms with Crippen LogP contribution in [0.3, 0.4) is 0 Å².